The maximum absolute atomic E-state index is 13.2. The number of rotatable bonds is 1. The van der Waals surface area contributed by atoms with Crippen molar-refractivity contribution < 1.29 is 17.6 Å². The summed E-state index contributed by atoms with van der Waals surface area (Å²) < 4.78 is 51.4. The Morgan fingerprint density at radius 2 is 1.88 bits per heavy atom. The van der Waals surface area contributed by atoms with Crippen LogP contribution in [0.3, 0.4) is 0 Å². The zero-order chi connectivity index (χ0) is 11.7. The second-order valence-corrected chi connectivity index (χ2v) is 3.13. The topological polar surface area (TPSA) is 36.4 Å². The van der Waals surface area contributed by atoms with Crippen LogP contribution >= 0.6 is 0 Å². The van der Waals surface area contributed by atoms with Gasteiger partial charge in [0.15, 0.2) is 29.2 Å². The summed E-state index contributed by atoms with van der Waals surface area (Å²) in [6.07, 6.45) is 0. The van der Waals surface area contributed by atoms with E-state index in [0.717, 1.165) is 0 Å². The van der Waals surface area contributed by atoms with Gasteiger partial charge in [-0.25, -0.2) is 17.6 Å². The normalized spacial score (nSPS) is 14.6. The highest BCUT2D eigenvalue weighted by atomic mass is 19.2. The molecule has 0 radical (unpaired) electrons. The van der Waals surface area contributed by atoms with Crippen LogP contribution in [0.2, 0.25) is 0 Å². The second kappa shape index (κ2) is 3.99. The van der Waals surface area contributed by atoms with Crippen LogP contribution in [0.1, 0.15) is 0 Å². The second-order valence-electron chi connectivity index (χ2n) is 3.13. The largest absolute Gasteiger partial charge is 0.354 e. The molecule has 0 spiro atoms. The quantitative estimate of drug-likeness (QED) is 0.439. The Morgan fingerprint density at radius 1 is 1.12 bits per heavy atom. The number of guanidine groups is 1. The van der Waals surface area contributed by atoms with Gasteiger partial charge < -0.3 is 10.6 Å². The third-order valence-corrected chi connectivity index (χ3v) is 2.03. The highest BCUT2D eigenvalue weighted by Crippen LogP contribution is 2.22. The molecule has 7 heteroatoms. The van der Waals surface area contributed by atoms with Crippen molar-refractivity contribution in [1.29, 1.82) is 0 Å². The molecule has 86 valence electrons. The number of hydrogen-bond donors (Lipinski definition) is 2. The molecule has 1 aliphatic heterocycles. The molecule has 1 aromatic carbocycles. The van der Waals surface area contributed by atoms with Crippen molar-refractivity contribution in [2.45, 2.75) is 0 Å². The van der Waals surface area contributed by atoms with Crippen molar-refractivity contribution in [3.05, 3.63) is 29.3 Å². The summed E-state index contributed by atoms with van der Waals surface area (Å²) in [4.78, 5) is 3.84. The first kappa shape index (κ1) is 10.7. The van der Waals surface area contributed by atoms with Gasteiger partial charge in [0, 0.05) is 12.6 Å². The predicted molar refractivity (Wildman–Crippen MR) is 50.2 cm³/mol. The van der Waals surface area contributed by atoms with Crippen LogP contribution < -0.4 is 10.6 Å². The predicted octanol–water partition coefficient (Wildman–Crippen LogP) is 1.61. The molecule has 0 saturated heterocycles. The molecule has 1 aromatic rings. The first-order valence-corrected chi connectivity index (χ1v) is 4.48. The van der Waals surface area contributed by atoms with Gasteiger partial charge in [-0.2, -0.15) is 0 Å². The van der Waals surface area contributed by atoms with E-state index in [2.05, 4.69) is 15.6 Å². The maximum Gasteiger partial charge on any atom is 0.199 e. The molecular weight excluding hydrogens is 226 g/mol. The minimum Gasteiger partial charge on any atom is -0.354 e. The lowest BCUT2D eigenvalue weighted by atomic mass is 10.2. The summed E-state index contributed by atoms with van der Waals surface area (Å²) in [5, 5.41) is 5.05. The molecule has 0 amide bonds. The van der Waals surface area contributed by atoms with Gasteiger partial charge in [0.05, 0.1) is 12.2 Å². The van der Waals surface area contributed by atoms with Gasteiger partial charge in [0.1, 0.15) is 0 Å². The van der Waals surface area contributed by atoms with E-state index < -0.39 is 29.0 Å². The molecule has 1 aliphatic rings. The number of hydrogen-bond acceptors (Lipinski definition) is 3. The first-order valence-electron chi connectivity index (χ1n) is 4.48. The number of nitrogens with zero attached hydrogens (tertiary/aromatic N) is 1. The van der Waals surface area contributed by atoms with Crippen LogP contribution in [0.5, 0.6) is 0 Å². The van der Waals surface area contributed by atoms with Crippen molar-refractivity contribution in [3.8, 4) is 0 Å². The standard InChI is InChI=1S/C9H7F4N3/c10-4-3-5(7(12)8(13)6(4)11)16-9-14-1-2-15-9/h3H,1-2H2,(H2,14,15,16). The zero-order valence-electron chi connectivity index (χ0n) is 7.95. The molecule has 0 aliphatic carbocycles. The lowest BCUT2D eigenvalue weighted by Gasteiger charge is -2.08. The number of halogens is 4. The molecule has 2 N–H and O–H groups in total. The van der Waals surface area contributed by atoms with Gasteiger partial charge in [0.2, 0.25) is 0 Å². The Morgan fingerprint density at radius 3 is 2.50 bits per heavy atom. The highest BCUT2D eigenvalue weighted by Gasteiger charge is 2.20. The van der Waals surface area contributed by atoms with Gasteiger partial charge in [0.25, 0.3) is 0 Å². The number of nitrogens with one attached hydrogen (secondary N) is 2. The molecule has 0 aromatic heterocycles. The van der Waals surface area contributed by atoms with E-state index in [1.807, 2.05) is 0 Å². The molecule has 1 heterocycles. The molecule has 0 unspecified atom stereocenters. The van der Waals surface area contributed by atoms with E-state index in [9.17, 15) is 17.6 Å². The minimum absolute atomic E-state index is 0.198. The first-order chi connectivity index (χ1) is 7.59. The van der Waals surface area contributed by atoms with Crippen molar-refractivity contribution in [2.24, 2.45) is 4.99 Å². The summed E-state index contributed by atoms with van der Waals surface area (Å²) >= 11 is 0. The highest BCUT2D eigenvalue weighted by molar-refractivity contribution is 5.94. The molecule has 2 rings (SSSR count). The fraction of sp³-hybridized carbons (Fsp3) is 0.222. The monoisotopic (exact) mass is 233 g/mol. The van der Waals surface area contributed by atoms with Crippen molar-refractivity contribution >= 4 is 11.6 Å². The van der Waals surface area contributed by atoms with Crippen molar-refractivity contribution in [3.63, 3.8) is 0 Å². The third kappa shape index (κ3) is 1.80. The summed E-state index contributed by atoms with van der Waals surface area (Å²) in [6, 6.07) is 0.538. The summed E-state index contributed by atoms with van der Waals surface area (Å²) in [5.41, 5.74) is -0.496. The van der Waals surface area contributed by atoms with Gasteiger partial charge >= 0.3 is 0 Å². The van der Waals surface area contributed by atoms with E-state index in [0.29, 0.717) is 19.2 Å². The van der Waals surface area contributed by atoms with Gasteiger partial charge in [-0.05, 0) is 0 Å². The molecule has 0 atom stereocenters. The van der Waals surface area contributed by atoms with Gasteiger partial charge in [-0.15, -0.1) is 0 Å². The summed E-state index contributed by atoms with van der Waals surface area (Å²) in [6.45, 7) is 1.03. The van der Waals surface area contributed by atoms with Crippen LogP contribution in [0.25, 0.3) is 0 Å². The molecule has 3 nitrogen and oxygen atoms in total. The lowest BCUT2D eigenvalue weighted by molar-refractivity contribution is 0.411. The Hall–Kier alpha value is -1.79. The third-order valence-electron chi connectivity index (χ3n) is 2.03. The fourth-order valence-corrected chi connectivity index (χ4v) is 1.27. The van der Waals surface area contributed by atoms with E-state index in [1.54, 1.807) is 0 Å². The van der Waals surface area contributed by atoms with Crippen LogP contribution in [0, 0.1) is 23.3 Å². The van der Waals surface area contributed by atoms with E-state index in [-0.39, 0.29) is 5.96 Å². The molecular formula is C9H7F4N3. The number of anilines is 1. The Balaban J connectivity index is 2.34. The summed E-state index contributed by atoms with van der Waals surface area (Å²) in [5.74, 6) is -6.41. The van der Waals surface area contributed by atoms with Crippen LogP contribution in [-0.4, -0.2) is 19.0 Å². The molecule has 0 saturated carbocycles. The van der Waals surface area contributed by atoms with Crippen LogP contribution in [0.15, 0.2) is 11.1 Å². The molecule has 0 bridgehead atoms. The van der Waals surface area contributed by atoms with Crippen LogP contribution in [-0.2, 0) is 0 Å². The van der Waals surface area contributed by atoms with E-state index in [4.69, 9.17) is 0 Å². The summed E-state index contributed by atoms with van der Waals surface area (Å²) in [7, 11) is 0. The minimum atomic E-state index is -1.85. The van der Waals surface area contributed by atoms with E-state index in [1.165, 1.54) is 0 Å². The smallest absolute Gasteiger partial charge is 0.199 e. The SMILES string of the molecule is Fc1cc(NC2=NCCN2)c(F)c(F)c1F. The Labute approximate surface area is 88.2 Å². The lowest BCUT2D eigenvalue weighted by Crippen LogP contribution is -2.27. The fourth-order valence-electron chi connectivity index (χ4n) is 1.27. The maximum atomic E-state index is 13.2. The van der Waals surface area contributed by atoms with Crippen molar-refractivity contribution in [2.75, 3.05) is 18.4 Å². The average molecular weight is 233 g/mol. The molecule has 0 fully saturated rings. The van der Waals surface area contributed by atoms with Crippen LogP contribution in [0.4, 0.5) is 23.2 Å². The Kier molecular flexibility index (Phi) is 2.67. The Bertz CT molecular complexity index is 459. The zero-order valence-corrected chi connectivity index (χ0v) is 7.95. The van der Waals surface area contributed by atoms with Gasteiger partial charge in [-0.3, -0.25) is 4.99 Å². The number of aliphatic imine (C=N–C) groups is 1. The average Bonchev–Trinajstić information content (AvgIpc) is 2.76. The van der Waals surface area contributed by atoms with Crippen molar-refractivity contribution in [1.82, 2.24) is 5.32 Å². The molecule has 16 heavy (non-hydrogen) atoms. The van der Waals surface area contributed by atoms with E-state index >= 15 is 0 Å². The number of benzene rings is 1. The van der Waals surface area contributed by atoms with Gasteiger partial charge in [-0.1, -0.05) is 0 Å².